The largest absolute Gasteiger partial charge is 0.482 e. The van der Waals surface area contributed by atoms with Gasteiger partial charge in [-0.15, -0.1) is 0 Å². The van der Waals surface area contributed by atoms with Crippen molar-refractivity contribution >= 4 is 11.6 Å². The van der Waals surface area contributed by atoms with Crippen LogP contribution in [0.1, 0.15) is 24.8 Å². The fourth-order valence-corrected chi connectivity index (χ4v) is 2.91. The third-order valence-corrected chi connectivity index (χ3v) is 4.05. The van der Waals surface area contributed by atoms with Crippen LogP contribution in [-0.4, -0.2) is 26.1 Å². The van der Waals surface area contributed by atoms with E-state index in [0.717, 1.165) is 18.0 Å². The first kappa shape index (κ1) is 11.5. The lowest BCUT2D eigenvalue weighted by Gasteiger charge is -2.43. The molecule has 0 aromatic heterocycles. The molecule has 0 saturated heterocycles. The Morgan fingerprint density at radius 1 is 1.44 bits per heavy atom. The Kier molecular flexibility index (Phi) is 2.74. The zero-order valence-corrected chi connectivity index (χ0v) is 10.6. The Labute approximate surface area is 107 Å². The minimum atomic E-state index is -0.0798. The second-order valence-corrected chi connectivity index (χ2v) is 5.21. The van der Waals surface area contributed by atoms with E-state index in [-0.39, 0.29) is 17.9 Å². The van der Waals surface area contributed by atoms with Crippen LogP contribution in [-0.2, 0) is 10.2 Å². The standard InChI is InChI=1S/C14H18N2O2/c1-15-9-14(5-2-6-14)10-3-4-11-12(7-10)18-8-13(17)16-11/h3-4,7,15H,2,5-6,8-9H2,1H3,(H,16,17). The number of hydrogen-bond donors (Lipinski definition) is 2. The van der Waals surface area contributed by atoms with Crippen LogP contribution in [0, 0.1) is 0 Å². The Morgan fingerprint density at radius 3 is 2.94 bits per heavy atom. The maximum atomic E-state index is 11.2. The van der Waals surface area contributed by atoms with Crippen LogP contribution in [0.3, 0.4) is 0 Å². The van der Waals surface area contributed by atoms with Crippen LogP contribution in [0.25, 0.3) is 0 Å². The van der Waals surface area contributed by atoms with Crippen molar-refractivity contribution in [3.63, 3.8) is 0 Å². The molecule has 96 valence electrons. The van der Waals surface area contributed by atoms with E-state index in [1.165, 1.54) is 24.8 Å². The van der Waals surface area contributed by atoms with E-state index in [9.17, 15) is 4.79 Å². The number of amides is 1. The van der Waals surface area contributed by atoms with Crippen LogP contribution in [0.4, 0.5) is 5.69 Å². The van der Waals surface area contributed by atoms with Gasteiger partial charge in [-0.25, -0.2) is 0 Å². The molecule has 4 nitrogen and oxygen atoms in total. The number of carbonyl (C=O) groups excluding carboxylic acids is 1. The fraction of sp³-hybridized carbons (Fsp3) is 0.500. The van der Waals surface area contributed by atoms with Crippen molar-refractivity contribution in [3.8, 4) is 5.75 Å². The lowest BCUT2D eigenvalue weighted by molar-refractivity contribution is -0.118. The average molecular weight is 246 g/mol. The van der Waals surface area contributed by atoms with Gasteiger partial charge in [0, 0.05) is 12.0 Å². The van der Waals surface area contributed by atoms with Gasteiger partial charge < -0.3 is 15.4 Å². The second-order valence-electron chi connectivity index (χ2n) is 5.21. The molecule has 1 fully saturated rings. The van der Waals surface area contributed by atoms with E-state index in [0.29, 0.717) is 0 Å². The number of carbonyl (C=O) groups is 1. The van der Waals surface area contributed by atoms with Gasteiger partial charge in [-0.3, -0.25) is 4.79 Å². The Morgan fingerprint density at radius 2 is 2.28 bits per heavy atom. The van der Waals surface area contributed by atoms with Crippen molar-refractivity contribution in [2.24, 2.45) is 0 Å². The average Bonchev–Trinajstić information content (AvgIpc) is 2.33. The van der Waals surface area contributed by atoms with Crippen molar-refractivity contribution in [1.29, 1.82) is 0 Å². The Hall–Kier alpha value is -1.55. The maximum absolute atomic E-state index is 11.2. The monoisotopic (exact) mass is 246 g/mol. The smallest absolute Gasteiger partial charge is 0.262 e. The molecule has 4 heteroatoms. The molecular weight excluding hydrogens is 228 g/mol. The highest BCUT2D eigenvalue weighted by Gasteiger charge is 2.38. The van der Waals surface area contributed by atoms with E-state index in [4.69, 9.17) is 4.74 Å². The summed E-state index contributed by atoms with van der Waals surface area (Å²) in [5.41, 5.74) is 2.36. The molecule has 0 spiro atoms. The van der Waals surface area contributed by atoms with Crippen LogP contribution in [0.2, 0.25) is 0 Å². The molecule has 1 aromatic rings. The number of nitrogens with one attached hydrogen (secondary N) is 2. The van der Waals surface area contributed by atoms with Gasteiger partial charge in [0.2, 0.25) is 0 Å². The van der Waals surface area contributed by atoms with Crippen LogP contribution < -0.4 is 15.4 Å². The van der Waals surface area contributed by atoms with E-state index in [1.807, 2.05) is 13.1 Å². The van der Waals surface area contributed by atoms with Gasteiger partial charge >= 0.3 is 0 Å². The number of hydrogen-bond acceptors (Lipinski definition) is 3. The molecule has 2 aliphatic rings. The van der Waals surface area contributed by atoms with Gasteiger partial charge in [0.15, 0.2) is 6.61 Å². The topological polar surface area (TPSA) is 50.4 Å². The summed E-state index contributed by atoms with van der Waals surface area (Å²) in [6.45, 7) is 1.12. The fourth-order valence-electron chi connectivity index (χ4n) is 2.91. The van der Waals surface area contributed by atoms with Crippen molar-refractivity contribution < 1.29 is 9.53 Å². The van der Waals surface area contributed by atoms with Crippen molar-refractivity contribution in [2.45, 2.75) is 24.7 Å². The molecule has 0 unspecified atom stereocenters. The predicted octanol–water partition coefficient (Wildman–Crippen LogP) is 1.66. The number of fused-ring (bicyclic) bond motifs is 1. The minimum absolute atomic E-state index is 0.0798. The summed E-state index contributed by atoms with van der Waals surface area (Å²) < 4.78 is 5.49. The Balaban J connectivity index is 1.92. The molecular formula is C14H18N2O2. The Bertz CT molecular complexity index is 481. The summed E-state index contributed by atoms with van der Waals surface area (Å²) in [6.07, 6.45) is 3.73. The van der Waals surface area contributed by atoms with Crippen LogP contribution in [0.5, 0.6) is 5.75 Å². The molecule has 1 amide bonds. The SMILES string of the molecule is CNCC1(c2ccc3c(c2)OCC(=O)N3)CCC1. The van der Waals surface area contributed by atoms with Gasteiger partial charge in [-0.1, -0.05) is 12.5 Å². The lowest BCUT2D eigenvalue weighted by Crippen LogP contribution is -2.42. The van der Waals surface area contributed by atoms with Crippen LogP contribution >= 0.6 is 0 Å². The van der Waals surface area contributed by atoms with Crippen LogP contribution in [0.15, 0.2) is 18.2 Å². The highest BCUT2D eigenvalue weighted by molar-refractivity contribution is 5.95. The summed E-state index contributed by atoms with van der Waals surface area (Å²) in [7, 11) is 2.00. The zero-order chi connectivity index (χ0) is 12.6. The zero-order valence-electron chi connectivity index (χ0n) is 10.6. The summed E-state index contributed by atoms with van der Waals surface area (Å²) >= 11 is 0. The number of anilines is 1. The molecule has 1 heterocycles. The van der Waals surface area contributed by atoms with Crippen molar-refractivity contribution in [3.05, 3.63) is 23.8 Å². The van der Waals surface area contributed by atoms with Crippen molar-refractivity contribution in [2.75, 3.05) is 25.5 Å². The number of ether oxygens (including phenoxy) is 1. The number of rotatable bonds is 3. The normalized spacial score (nSPS) is 20.4. The summed E-state index contributed by atoms with van der Waals surface area (Å²) in [6, 6.07) is 6.16. The first-order valence-electron chi connectivity index (χ1n) is 6.45. The lowest BCUT2D eigenvalue weighted by atomic mass is 9.64. The van der Waals surface area contributed by atoms with E-state index >= 15 is 0 Å². The number of likely N-dealkylation sites (N-methyl/N-ethyl adjacent to an activating group) is 1. The van der Waals surface area contributed by atoms with Gasteiger partial charge in [0.1, 0.15) is 5.75 Å². The molecule has 0 bridgehead atoms. The quantitative estimate of drug-likeness (QED) is 0.852. The molecule has 1 aromatic carbocycles. The minimum Gasteiger partial charge on any atom is -0.482 e. The summed E-state index contributed by atoms with van der Waals surface area (Å²) in [5.74, 6) is 0.721. The third-order valence-electron chi connectivity index (χ3n) is 4.05. The van der Waals surface area contributed by atoms with Gasteiger partial charge in [0.25, 0.3) is 5.91 Å². The van der Waals surface area contributed by atoms with Gasteiger partial charge in [-0.05, 0) is 37.6 Å². The highest BCUT2D eigenvalue weighted by atomic mass is 16.5. The van der Waals surface area contributed by atoms with E-state index < -0.39 is 0 Å². The molecule has 1 aliphatic heterocycles. The van der Waals surface area contributed by atoms with Gasteiger partial charge in [-0.2, -0.15) is 0 Å². The molecule has 1 aliphatic carbocycles. The molecule has 2 N–H and O–H groups in total. The molecule has 18 heavy (non-hydrogen) atoms. The molecule has 0 atom stereocenters. The third kappa shape index (κ3) is 1.77. The van der Waals surface area contributed by atoms with E-state index in [1.54, 1.807) is 0 Å². The second kappa shape index (κ2) is 4.28. The first-order valence-corrected chi connectivity index (χ1v) is 6.45. The molecule has 0 radical (unpaired) electrons. The van der Waals surface area contributed by atoms with Gasteiger partial charge in [0.05, 0.1) is 5.69 Å². The summed E-state index contributed by atoms with van der Waals surface area (Å²) in [4.78, 5) is 11.2. The molecule has 3 rings (SSSR count). The first-order chi connectivity index (χ1) is 8.73. The number of benzene rings is 1. The predicted molar refractivity (Wildman–Crippen MR) is 70.0 cm³/mol. The maximum Gasteiger partial charge on any atom is 0.262 e. The summed E-state index contributed by atoms with van der Waals surface area (Å²) in [5, 5.41) is 6.11. The van der Waals surface area contributed by atoms with Crippen molar-refractivity contribution in [1.82, 2.24) is 5.32 Å². The van der Waals surface area contributed by atoms with E-state index in [2.05, 4.69) is 22.8 Å². The molecule has 1 saturated carbocycles. The highest BCUT2D eigenvalue weighted by Crippen LogP contribution is 2.45.